The van der Waals surface area contributed by atoms with Gasteiger partial charge in [-0.15, -0.1) is 11.8 Å². The molecule has 1 atom stereocenters. The zero-order chi connectivity index (χ0) is 13.2. The van der Waals surface area contributed by atoms with Gasteiger partial charge in [0.05, 0.1) is 5.69 Å². The van der Waals surface area contributed by atoms with Crippen LogP contribution in [0.15, 0.2) is 56.3 Å². The lowest BCUT2D eigenvalue weighted by Gasteiger charge is -2.14. The summed E-state index contributed by atoms with van der Waals surface area (Å²) in [6, 6.07) is 14.8. The van der Waals surface area contributed by atoms with Gasteiger partial charge in [0.15, 0.2) is 0 Å². The molecule has 0 aromatic heterocycles. The van der Waals surface area contributed by atoms with Crippen molar-refractivity contribution in [3.8, 4) is 0 Å². The molecule has 0 spiro atoms. The van der Waals surface area contributed by atoms with Gasteiger partial charge in [0.2, 0.25) is 0 Å². The van der Waals surface area contributed by atoms with E-state index in [0.717, 1.165) is 27.6 Å². The number of hydrogen-bond donors (Lipinski definition) is 1. The predicted molar refractivity (Wildman–Crippen MR) is 90.1 cm³/mol. The molecule has 0 aliphatic carbocycles. The topological polar surface area (TPSA) is 12.0 Å². The summed E-state index contributed by atoms with van der Waals surface area (Å²) in [5.74, 6) is 0. The lowest BCUT2D eigenvalue weighted by Crippen LogP contribution is -2.16. The maximum atomic E-state index is 3.59. The van der Waals surface area contributed by atoms with E-state index < -0.39 is 0 Å². The van der Waals surface area contributed by atoms with Crippen molar-refractivity contribution in [2.45, 2.75) is 16.6 Å². The monoisotopic (exact) mass is 397 g/mol. The summed E-state index contributed by atoms with van der Waals surface area (Å²) in [4.78, 5) is 1.43. The lowest BCUT2D eigenvalue weighted by molar-refractivity contribution is 0.898. The standard InChI is InChI=1S/C15H13Br2NS/c16-12-5-3-6-13(17)15(12)18-9-11-8-10-4-1-2-7-14(10)19-11/h1-7,11,18H,8-9H2. The molecule has 2 aromatic carbocycles. The summed E-state index contributed by atoms with van der Waals surface area (Å²) in [6.07, 6.45) is 1.15. The summed E-state index contributed by atoms with van der Waals surface area (Å²) in [7, 11) is 0. The maximum Gasteiger partial charge on any atom is 0.0629 e. The highest BCUT2D eigenvalue weighted by Gasteiger charge is 2.21. The summed E-state index contributed by atoms with van der Waals surface area (Å²) < 4.78 is 2.20. The Morgan fingerprint density at radius 3 is 2.53 bits per heavy atom. The van der Waals surface area contributed by atoms with Gasteiger partial charge in [-0.2, -0.15) is 0 Å². The van der Waals surface area contributed by atoms with Crippen LogP contribution in [0.1, 0.15) is 5.56 Å². The molecule has 1 N–H and O–H groups in total. The third-order valence-electron chi connectivity index (χ3n) is 3.18. The van der Waals surface area contributed by atoms with E-state index in [9.17, 15) is 0 Å². The van der Waals surface area contributed by atoms with Crippen molar-refractivity contribution in [1.29, 1.82) is 0 Å². The average molecular weight is 399 g/mol. The smallest absolute Gasteiger partial charge is 0.0629 e. The first-order valence-corrected chi connectivity index (χ1v) is 8.63. The van der Waals surface area contributed by atoms with Crippen molar-refractivity contribution in [1.82, 2.24) is 0 Å². The molecule has 1 nitrogen and oxygen atoms in total. The van der Waals surface area contributed by atoms with E-state index >= 15 is 0 Å². The van der Waals surface area contributed by atoms with Crippen LogP contribution in [-0.2, 0) is 6.42 Å². The van der Waals surface area contributed by atoms with Gasteiger partial charge in [-0.3, -0.25) is 0 Å². The molecule has 0 amide bonds. The Balaban J connectivity index is 1.66. The third kappa shape index (κ3) is 3.01. The average Bonchev–Trinajstić information content (AvgIpc) is 2.81. The summed E-state index contributed by atoms with van der Waals surface area (Å²) >= 11 is 9.15. The molecule has 0 saturated heterocycles. The number of thioether (sulfide) groups is 1. The highest BCUT2D eigenvalue weighted by atomic mass is 79.9. The van der Waals surface area contributed by atoms with Gasteiger partial charge in [0, 0.05) is 25.6 Å². The van der Waals surface area contributed by atoms with Crippen LogP contribution in [-0.4, -0.2) is 11.8 Å². The molecule has 3 rings (SSSR count). The van der Waals surface area contributed by atoms with Crippen LogP contribution >= 0.6 is 43.6 Å². The Hall–Kier alpha value is -0.450. The largest absolute Gasteiger partial charge is 0.382 e. The van der Waals surface area contributed by atoms with E-state index in [1.54, 1.807) is 0 Å². The molecule has 1 aliphatic heterocycles. The van der Waals surface area contributed by atoms with Gasteiger partial charge in [-0.1, -0.05) is 24.3 Å². The van der Waals surface area contributed by atoms with Gasteiger partial charge in [-0.05, 0) is 62.0 Å². The highest BCUT2D eigenvalue weighted by molar-refractivity contribution is 9.11. The van der Waals surface area contributed by atoms with Crippen LogP contribution in [0.25, 0.3) is 0 Å². The zero-order valence-electron chi connectivity index (χ0n) is 10.2. The van der Waals surface area contributed by atoms with E-state index in [1.807, 2.05) is 17.8 Å². The van der Waals surface area contributed by atoms with Crippen molar-refractivity contribution in [3.05, 3.63) is 57.0 Å². The first-order chi connectivity index (χ1) is 9.24. The van der Waals surface area contributed by atoms with Crippen molar-refractivity contribution in [2.75, 3.05) is 11.9 Å². The van der Waals surface area contributed by atoms with Crippen molar-refractivity contribution >= 4 is 49.3 Å². The van der Waals surface area contributed by atoms with Crippen molar-refractivity contribution < 1.29 is 0 Å². The van der Waals surface area contributed by atoms with Gasteiger partial charge in [0.1, 0.15) is 0 Å². The predicted octanol–water partition coefficient (Wildman–Crippen LogP) is 5.34. The van der Waals surface area contributed by atoms with Crippen LogP contribution in [0.5, 0.6) is 0 Å². The van der Waals surface area contributed by atoms with Gasteiger partial charge >= 0.3 is 0 Å². The van der Waals surface area contributed by atoms with E-state index in [4.69, 9.17) is 0 Å². The van der Waals surface area contributed by atoms with Gasteiger partial charge in [-0.25, -0.2) is 0 Å². The first kappa shape index (κ1) is 13.5. The minimum atomic E-state index is 0.608. The van der Waals surface area contributed by atoms with E-state index in [1.165, 1.54) is 10.5 Å². The molecule has 2 aromatic rings. The second-order valence-corrected chi connectivity index (χ2v) is 7.58. The zero-order valence-corrected chi connectivity index (χ0v) is 14.2. The normalized spacial score (nSPS) is 17.3. The van der Waals surface area contributed by atoms with Gasteiger partial charge in [0.25, 0.3) is 0 Å². The Bertz CT molecular complexity index is 555. The number of hydrogen-bond acceptors (Lipinski definition) is 2. The minimum absolute atomic E-state index is 0.608. The Kier molecular flexibility index (Phi) is 4.20. The fraction of sp³-hybridized carbons (Fsp3) is 0.200. The molecular weight excluding hydrogens is 386 g/mol. The Labute approximate surface area is 134 Å². The molecule has 0 bridgehead atoms. The Morgan fingerprint density at radius 2 is 1.79 bits per heavy atom. The molecule has 0 saturated carbocycles. The second kappa shape index (κ2) is 5.90. The van der Waals surface area contributed by atoms with Gasteiger partial charge < -0.3 is 5.32 Å². The van der Waals surface area contributed by atoms with Crippen LogP contribution in [0, 0.1) is 0 Å². The Morgan fingerprint density at radius 1 is 1.05 bits per heavy atom. The lowest BCUT2D eigenvalue weighted by atomic mass is 10.1. The highest BCUT2D eigenvalue weighted by Crippen LogP contribution is 2.37. The number of halogens is 2. The summed E-state index contributed by atoms with van der Waals surface area (Å²) in [5, 5.41) is 4.15. The SMILES string of the molecule is Brc1cccc(Br)c1NCC1Cc2ccccc2S1. The number of rotatable bonds is 3. The van der Waals surface area contributed by atoms with Crippen LogP contribution < -0.4 is 5.32 Å². The van der Waals surface area contributed by atoms with Crippen LogP contribution in [0.2, 0.25) is 0 Å². The second-order valence-electron chi connectivity index (χ2n) is 4.53. The number of anilines is 1. The number of nitrogens with one attached hydrogen (secondary N) is 1. The minimum Gasteiger partial charge on any atom is -0.382 e. The van der Waals surface area contributed by atoms with E-state index in [2.05, 4.69) is 73.6 Å². The summed E-state index contributed by atoms with van der Waals surface area (Å²) in [6.45, 7) is 0.973. The van der Waals surface area contributed by atoms with Crippen molar-refractivity contribution in [3.63, 3.8) is 0 Å². The quantitative estimate of drug-likeness (QED) is 0.748. The summed E-state index contributed by atoms with van der Waals surface area (Å²) in [5.41, 5.74) is 2.62. The van der Waals surface area contributed by atoms with Crippen LogP contribution in [0.3, 0.4) is 0 Å². The van der Waals surface area contributed by atoms with E-state index in [-0.39, 0.29) is 0 Å². The number of para-hydroxylation sites is 1. The third-order valence-corrected chi connectivity index (χ3v) is 5.82. The first-order valence-electron chi connectivity index (χ1n) is 6.16. The molecule has 0 fully saturated rings. The molecule has 1 aliphatic rings. The fourth-order valence-electron chi connectivity index (χ4n) is 2.25. The molecule has 98 valence electrons. The number of benzene rings is 2. The van der Waals surface area contributed by atoms with E-state index in [0.29, 0.717) is 5.25 Å². The molecule has 19 heavy (non-hydrogen) atoms. The molecule has 4 heteroatoms. The molecule has 1 unspecified atom stereocenters. The van der Waals surface area contributed by atoms with Crippen molar-refractivity contribution in [2.24, 2.45) is 0 Å². The molecular formula is C15H13Br2NS. The van der Waals surface area contributed by atoms with Crippen LogP contribution in [0.4, 0.5) is 5.69 Å². The number of fused-ring (bicyclic) bond motifs is 1. The molecule has 0 radical (unpaired) electrons. The fourth-order valence-corrected chi connectivity index (χ4v) is 4.78. The maximum absolute atomic E-state index is 3.59. The molecule has 1 heterocycles.